The van der Waals surface area contributed by atoms with E-state index in [-0.39, 0.29) is 19.8 Å². The first-order chi connectivity index (χ1) is 10.5. The lowest BCUT2D eigenvalue weighted by Gasteiger charge is -2.21. The second-order valence-corrected chi connectivity index (χ2v) is 6.75. The number of amides is 3. The van der Waals surface area contributed by atoms with Gasteiger partial charge in [0.25, 0.3) is 5.91 Å². The fourth-order valence-electron chi connectivity index (χ4n) is 2.18. The maximum absolute atomic E-state index is 12.7. The summed E-state index contributed by atoms with van der Waals surface area (Å²) in [5.74, 6) is -1.89. The van der Waals surface area contributed by atoms with Crippen LogP contribution in [0.25, 0.3) is 0 Å². The molecule has 0 bridgehead atoms. The van der Waals surface area contributed by atoms with Gasteiger partial charge in [0.1, 0.15) is 0 Å². The highest BCUT2D eigenvalue weighted by molar-refractivity contribution is 7.55. The van der Waals surface area contributed by atoms with E-state index >= 15 is 0 Å². The molecule has 0 aliphatic carbocycles. The van der Waals surface area contributed by atoms with E-state index in [0.29, 0.717) is 0 Å². The molecule has 1 aromatic carbocycles. The standard InChI is InChI=1S/C14H19N2O5P/c1-3-20-22(19,21-4-2)12-13(17)16(14(18)15-12)10-11-8-6-5-7-9-11/h5-9,12H,3-4,10H2,1-2H3,(H,15,18). The highest BCUT2D eigenvalue weighted by Gasteiger charge is 2.50. The Kier molecular flexibility index (Phi) is 5.34. The largest absolute Gasteiger partial charge is 0.362 e. The number of nitrogens with zero attached hydrogens (tertiary/aromatic N) is 1. The summed E-state index contributed by atoms with van der Waals surface area (Å²) in [6.07, 6.45) is 0. The molecule has 3 amide bonds. The minimum absolute atomic E-state index is 0.111. The zero-order chi connectivity index (χ0) is 16.2. The Hall–Kier alpha value is -1.69. The number of carbonyl (C=O) groups is 2. The molecule has 1 saturated heterocycles. The summed E-state index contributed by atoms with van der Waals surface area (Å²) >= 11 is 0. The smallest absolute Gasteiger partial charge is 0.315 e. The van der Waals surface area contributed by atoms with E-state index < -0.39 is 25.3 Å². The second-order valence-electron chi connectivity index (χ2n) is 4.64. The SMILES string of the molecule is CCOP(=O)(OCC)C1NC(=O)N(Cc2ccccc2)C1=O. The highest BCUT2D eigenvalue weighted by Crippen LogP contribution is 2.53. The summed E-state index contributed by atoms with van der Waals surface area (Å²) in [6, 6.07) is 8.49. The number of imide groups is 1. The van der Waals surface area contributed by atoms with Crippen LogP contribution in [0.15, 0.2) is 30.3 Å². The summed E-state index contributed by atoms with van der Waals surface area (Å²) in [5.41, 5.74) is 0.800. The molecule has 8 heteroatoms. The fourth-order valence-corrected chi connectivity index (χ4v) is 3.95. The van der Waals surface area contributed by atoms with Crippen molar-refractivity contribution in [1.82, 2.24) is 10.2 Å². The van der Waals surface area contributed by atoms with Crippen LogP contribution in [0.2, 0.25) is 0 Å². The Labute approximate surface area is 129 Å². The molecular formula is C14H19N2O5P. The highest BCUT2D eigenvalue weighted by atomic mass is 31.2. The average Bonchev–Trinajstić information content (AvgIpc) is 2.78. The summed E-state index contributed by atoms with van der Waals surface area (Å²) in [5, 5.41) is 2.41. The molecular weight excluding hydrogens is 307 g/mol. The van der Waals surface area contributed by atoms with E-state index in [0.717, 1.165) is 10.5 Å². The Balaban J connectivity index is 2.19. The number of nitrogens with one attached hydrogen (secondary N) is 1. The molecule has 1 fully saturated rings. The molecule has 1 heterocycles. The first kappa shape index (κ1) is 16.7. The number of urea groups is 1. The van der Waals surface area contributed by atoms with Gasteiger partial charge in [-0.3, -0.25) is 14.3 Å². The Morgan fingerprint density at radius 3 is 2.27 bits per heavy atom. The van der Waals surface area contributed by atoms with Crippen LogP contribution in [0.3, 0.4) is 0 Å². The Morgan fingerprint density at radius 2 is 1.73 bits per heavy atom. The molecule has 0 aromatic heterocycles. The normalized spacial score (nSPS) is 18.6. The Morgan fingerprint density at radius 1 is 1.14 bits per heavy atom. The maximum Gasteiger partial charge on any atom is 0.362 e. The van der Waals surface area contributed by atoms with Crippen molar-refractivity contribution in [3.05, 3.63) is 35.9 Å². The number of rotatable bonds is 7. The zero-order valence-electron chi connectivity index (χ0n) is 12.5. The van der Waals surface area contributed by atoms with Crippen LogP contribution in [-0.2, 0) is 25.0 Å². The van der Waals surface area contributed by atoms with Gasteiger partial charge in [-0.25, -0.2) is 4.79 Å². The van der Waals surface area contributed by atoms with Gasteiger partial charge in [0.15, 0.2) is 0 Å². The zero-order valence-corrected chi connectivity index (χ0v) is 13.4. The van der Waals surface area contributed by atoms with Crippen LogP contribution in [-0.4, -0.2) is 35.8 Å². The lowest BCUT2D eigenvalue weighted by atomic mass is 10.2. The van der Waals surface area contributed by atoms with E-state index in [1.807, 2.05) is 18.2 Å². The van der Waals surface area contributed by atoms with Crippen molar-refractivity contribution in [2.24, 2.45) is 0 Å². The fraction of sp³-hybridized carbons (Fsp3) is 0.429. The minimum atomic E-state index is -3.73. The third-order valence-corrected chi connectivity index (χ3v) is 5.34. The number of hydrogen-bond acceptors (Lipinski definition) is 5. The number of hydrogen-bond donors (Lipinski definition) is 1. The van der Waals surface area contributed by atoms with Crippen LogP contribution in [0.1, 0.15) is 19.4 Å². The Bertz CT molecular complexity index is 582. The molecule has 1 aliphatic rings. The van der Waals surface area contributed by atoms with E-state index in [2.05, 4.69) is 5.32 Å². The average molecular weight is 326 g/mol. The van der Waals surface area contributed by atoms with Gasteiger partial charge in [-0.15, -0.1) is 0 Å². The van der Waals surface area contributed by atoms with Gasteiger partial charge in [-0.2, -0.15) is 0 Å². The molecule has 7 nitrogen and oxygen atoms in total. The van der Waals surface area contributed by atoms with E-state index in [1.54, 1.807) is 26.0 Å². The van der Waals surface area contributed by atoms with Crippen molar-refractivity contribution < 1.29 is 23.2 Å². The maximum atomic E-state index is 12.7. The van der Waals surface area contributed by atoms with Crippen LogP contribution < -0.4 is 5.32 Å². The van der Waals surface area contributed by atoms with Crippen molar-refractivity contribution in [1.29, 1.82) is 0 Å². The lowest BCUT2D eigenvalue weighted by Crippen LogP contribution is -2.31. The van der Waals surface area contributed by atoms with Crippen molar-refractivity contribution in [3.8, 4) is 0 Å². The lowest BCUT2D eigenvalue weighted by molar-refractivity contribution is -0.126. The van der Waals surface area contributed by atoms with Crippen LogP contribution in [0.4, 0.5) is 4.79 Å². The molecule has 1 N–H and O–H groups in total. The minimum Gasteiger partial charge on any atom is -0.315 e. The summed E-state index contributed by atoms with van der Waals surface area (Å²) in [7, 11) is -3.73. The quantitative estimate of drug-likeness (QED) is 0.614. The van der Waals surface area contributed by atoms with Crippen LogP contribution in [0, 0.1) is 0 Å². The van der Waals surface area contributed by atoms with Gasteiger partial charge in [-0.1, -0.05) is 30.3 Å². The molecule has 2 rings (SSSR count). The van der Waals surface area contributed by atoms with Crippen molar-refractivity contribution >= 4 is 19.5 Å². The third-order valence-electron chi connectivity index (χ3n) is 3.12. The van der Waals surface area contributed by atoms with Gasteiger partial charge < -0.3 is 14.4 Å². The molecule has 1 atom stereocenters. The summed E-state index contributed by atoms with van der Waals surface area (Å²) in [4.78, 5) is 25.5. The molecule has 0 radical (unpaired) electrons. The molecule has 1 aromatic rings. The van der Waals surface area contributed by atoms with Crippen LogP contribution in [0.5, 0.6) is 0 Å². The molecule has 1 unspecified atom stereocenters. The first-order valence-corrected chi connectivity index (χ1v) is 8.67. The predicted octanol–water partition coefficient (Wildman–Crippen LogP) is 2.33. The topological polar surface area (TPSA) is 84.9 Å². The van der Waals surface area contributed by atoms with Gasteiger partial charge in [-0.05, 0) is 19.4 Å². The third kappa shape index (κ3) is 3.38. The summed E-state index contributed by atoms with van der Waals surface area (Å²) in [6.45, 7) is 3.65. The molecule has 22 heavy (non-hydrogen) atoms. The second kappa shape index (κ2) is 7.05. The number of carbonyl (C=O) groups excluding carboxylic acids is 2. The van der Waals surface area contributed by atoms with Crippen molar-refractivity contribution in [2.45, 2.75) is 26.2 Å². The molecule has 0 saturated carbocycles. The van der Waals surface area contributed by atoms with Crippen molar-refractivity contribution in [2.75, 3.05) is 13.2 Å². The predicted molar refractivity (Wildman–Crippen MR) is 80.2 cm³/mol. The molecule has 0 spiro atoms. The van der Waals surface area contributed by atoms with Crippen molar-refractivity contribution in [3.63, 3.8) is 0 Å². The van der Waals surface area contributed by atoms with Gasteiger partial charge >= 0.3 is 13.6 Å². The van der Waals surface area contributed by atoms with E-state index in [9.17, 15) is 14.2 Å². The van der Waals surface area contributed by atoms with Crippen LogP contribution >= 0.6 is 7.60 Å². The van der Waals surface area contributed by atoms with E-state index in [1.165, 1.54) is 0 Å². The van der Waals surface area contributed by atoms with Gasteiger partial charge in [0.05, 0.1) is 19.8 Å². The number of benzene rings is 1. The van der Waals surface area contributed by atoms with E-state index in [4.69, 9.17) is 9.05 Å². The summed E-state index contributed by atoms with van der Waals surface area (Å²) < 4.78 is 22.9. The molecule has 1 aliphatic heterocycles. The van der Waals surface area contributed by atoms with Gasteiger partial charge in [0, 0.05) is 0 Å². The first-order valence-electron chi connectivity index (χ1n) is 7.06. The van der Waals surface area contributed by atoms with Gasteiger partial charge in [0.2, 0.25) is 5.78 Å². The monoisotopic (exact) mass is 326 g/mol. The molecule has 120 valence electrons.